The minimum absolute atomic E-state index is 0.378. The number of rotatable bonds is 3. The molecular weight excluding hydrogens is 248 g/mol. The molecule has 0 aliphatic rings. The average Bonchev–Trinajstić information content (AvgIpc) is 1.81. The molecule has 0 aromatic rings. The molecule has 6 heteroatoms. The largest absolute Gasteiger partial charge is 0.392 e. The van der Waals surface area contributed by atoms with Gasteiger partial charge in [-0.1, -0.05) is 17.7 Å². The summed E-state index contributed by atoms with van der Waals surface area (Å²) in [5, 5.41) is 4.83. The molecular formula is C5H5BrClF3O. The Hall–Kier alpha value is 0.260. The smallest absolute Gasteiger partial charge is 0.352 e. The standard InChI is InChI=1S/C5H5BrClF3O/c6-5(9,10)4(7,8)2-1-3-11/h1-2,11H,3H2. The summed E-state index contributed by atoms with van der Waals surface area (Å²) in [4.78, 5) is -3.84. The van der Waals surface area contributed by atoms with E-state index in [2.05, 4.69) is 0 Å². The molecule has 0 aliphatic heterocycles. The summed E-state index contributed by atoms with van der Waals surface area (Å²) >= 11 is 6.49. The van der Waals surface area contributed by atoms with Crippen LogP contribution in [0.25, 0.3) is 0 Å². The number of alkyl halides is 5. The quantitative estimate of drug-likeness (QED) is 0.605. The molecule has 0 aliphatic carbocycles. The van der Waals surface area contributed by atoms with Crippen molar-refractivity contribution in [3.8, 4) is 0 Å². The zero-order valence-electron chi connectivity index (χ0n) is 5.20. The summed E-state index contributed by atoms with van der Waals surface area (Å²) in [5.41, 5.74) is 0. The van der Waals surface area contributed by atoms with Crippen LogP contribution in [0.3, 0.4) is 0 Å². The van der Waals surface area contributed by atoms with Crippen LogP contribution in [0.4, 0.5) is 13.2 Å². The fourth-order valence-electron chi connectivity index (χ4n) is 0.295. The lowest BCUT2D eigenvalue weighted by Gasteiger charge is -2.18. The Morgan fingerprint density at radius 1 is 1.45 bits per heavy atom. The molecule has 0 spiro atoms. The highest BCUT2D eigenvalue weighted by Crippen LogP contribution is 2.42. The van der Waals surface area contributed by atoms with Crippen LogP contribution in [0.2, 0.25) is 0 Å². The molecule has 1 nitrogen and oxygen atoms in total. The molecule has 0 saturated heterocycles. The maximum Gasteiger partial charge on any atom is 0.352 e. The van der Waals surface area contributed by atoms with E-state index in [1.807, 2.05) is 0 Å². The third-order valence-electron chi connectivity index (χ3n) is 0.811. The molecule has 0 aromatic heterocycles. The highest BCUT2D eigenvalue weighted by Gasteiger charge is 2.49. The van der Waals surface area contributed by atoms with E-state index in [9.17, 15) is 13.2 Å². The molecule has 0 radical (unpaired) electrons. The first kappa shape index (κ1) is 11.3. The molecule has 0 amide bonds. The maximum absolute atomic E-state index is 12.6. The van der Waals surface area contributed by atoms with Gasteiger partial charge in [-0.2, -0.15) is 8.78 Å². The average molecular weight is 253 g/mol. The summed E-state index contributed by atoms with van der Waals surface area (Å²) in [6, 6.07) is 0. The highest BCUT2D eigenvalue weighted by atomic mass is 79.9. The molecule has 11 heavy (non-hydrogen) atoms. The van der Waals surface area contributed by atoms with Gasteiger partial charge in [-0.15, -0.1) is 0 Å². The fourth-order valence-corrected chi connectivity index (χ4v) is 0.516. The van der Waals surface area contributed by atoms with Crippen LogP contribution in [-0.2, 0) is 0 Å². The highest BCUT2D eigenvalue weighted by molar-refractivity contribution is 9.10. The topological polar surface area (TPSA) is 20.2 Å². The van der Waals surface area contributed by atoms with Crippen molar-refractivity contribution in [3.63, 3.8) is 0 Å². The zero-order chi connectivity index (χ0) is 9.12. The fraction of sp³-hybridized carbons (Fsp3) is 0.600. The van der Waals surface area contributed by atoms with E-state index >= 15 is 0 Å². The Morgan fingerprint density at radius 2 is 1.91 bits per heavy atom. The van der Waals surface area contributed by atoms with E-state index in [0.717, 1.165) is 6.08 Å². The first-order valence-electron chi connectivity index (χ1n) is 2.54. The van der Waals surface area contributed by atoms with Crippen molar-refractivity contribution < 1.29 is 18.3 Å². The molecule has 0 saturated carbocycles. The molecule has 0 bridgehead atoms. The SMILES string of the molecule is OCC=CC(F)(Cl)C(F)(F)Br. The predicted octanol–water partition coefficient (Wildman–Crippen LogP) is 2.43. The van der Waals surface area contributed by atoms with Crippen molar-refractivity contribution in [2.75, 3.05) is 6.61 Å². The van der Waals surface area contributed by atoms with Crippen LogP contribution in [-0.4, -0.2) is 21.7 Å². The molecule has 66 valence electrons. The summed E-state index contributed by atoms with van der Waals surface area (Å²) in [6.07, 6.45) is 1.17. The molecule has 1 unspecified atom stereocenters. The lowest BCUT2D eigenvalue weighted by atomic mass is 10.3. The Bertz CT molecular complexity index is 154. The minimum atomic E-state index is -3.84. The van der Waals surface area contributed by atoms with Crippen molar-refractivity contribution in [1.29, 1.82) is 0 Å². The number of allylic oxidation sites excluding steroid dienone is 1. The summed E-state index contributed by atoms with van der Waals surface area (Å²) in [7, 11) is 0. The second kappa shape index (κ2) is 3.78. The van der Waals surface area contributed by atoms with Crippen molar-refractivity contribution >= 4 is 27.5 Å². The van der Waals surface area contributed by atoms with Crippen LogP contribution >= 0.6 is 27.5 Å². The van der Waals surface area contributed by atoms with E-state index in [4.69, 9.17) is 16.7 Å². The van der Waals surface area contributed by atoms with Crippen LogP contribution < -0.4 is 0 Å². The van der Waals surface area contributed by atoms with Gasteiger partial charge >= 0.3 is 4.83 Å². The second-order valence-electron chi connectivity index (χ2n) is 1.71. The Morgan fingerprint density at radius 3 is 2.18 bits per heavy atom. The summed E-state index contributed by atoms with van der Waals surface area (Å²) < 4.78 is 36.8. The third-order valence-corrected chi connectivity index (χ3v) is 1.98. The van der Waals surface area contributed by atoms with Gasteiger partial charge in [-0.25, -0.2) is 4.39 Å². The first-order chi connectivity index (χ1) is 4.81. The molecule has 0 heterocycles. The summed E-state index contributed by atoms with van der Waals surface area (Å²) in [6.45, 7) is -0.540. The van der Waals surface area contributed by atoms with Crippen molar-refractivity contribution in [2.24, 2.45) is 0 Å². The number of aliphatic hydroxyl groups excluding tert-OH is 1. The zero-order valence-corrected chi connectivity index (χ0v) is 7.54. The van der Waals surface area contributed by atoms with Crippen molar-refractivity contribution in [1.82, 2.24) is 0 Å². The van der Waals surface area contributed by atoms with Gasteiger partial charge in [0.2, 0.25) is 0 Å². The molecule has 1 atom stereocenters. The second-order valence-corrected chi connectivity index (χ2v) is 3.25. The van der Waals surface area contributed by atoms with Gasteiger partial charge in [0.25, 0.3) is 5.13 Å². The van der Waals surface area contributed by atoms with Crippen LogP contribution in [0.5, 0.6) is 0 Å². The van der Waals surface area contributed by atoms with Gasteiger partial charge < -0.3 is 5.11 Å². The monoisotopic (exact) mass is 252 g/mol. The number of halogens is 5. The van der Waals surface area contributed by atoms with Crippen molar-refractivity contribution in [3.05, 3.63) is 12.2 Å². The van der Waals surface area contributed by atoms with E-state index in [1.165, 1.54) is 0 Å². The third kappa shape index (κ3) is 3.44. The molecule has 1 N–H and O–H groups in total. The van der Waals surface area contributed by atoms with Crippen LogP contribution in [0, 0.1) is 0 Å². The van der Waals surface area contributed by atoms with Crippen LogP contribution in [0.1, 0.15) is 0 Å². The van der Waals surface area contributed by atoms with Gasteiger partial charge in [0, 0.05) is 0 Å². The van der Waals surface area contributed by atoms with E-state index < -0.39 is 16.6 Å². The maximum atomic E-state index is 12.6. The Kier molecular flexibility index (Phi) is 3.87. The van der Waals surface area contributed by atoms with Gasteiger partial charge in [0.15, 0.2) is 0 Å². The van der Waals surface area contributed by atoms with Gasteiger partial charge in [-0.05, 0) is 22.0 Å². The van der Waals surface area contributed by atoms with Gasteiger partial charge in [0.05, 0.1) is 6.61 Å². The molecule has 0 rings (SSSR count). The van der Waals surface area contributed by atoms with Gasteiger partial charge in [-0.3, -0.25) is 0 Å². The van der Waals surface area contributed by atoms with E-state index in [0.29, 0.717) is 6.08 Å². The number of aliphatic hydroxyl groups is 1. The number of hydrogen-bond donors (Lipinski definition) is 1. The lowest BCUT2D eigenvalue weighted by molar-refractivity contribution is 0.0216. The predicted molar refractivity (Wildman–Crippen MR) is 39.8 cm³/mol. The van der Waals surface area contributed by atoms with Crippen molar-refractivity contribution in [2.45, 2.75) is 9.96 Å². The van der Waals surface area contributed by atoms with Gasteiger partial charge in [0.1, 0.15) is 0 Å². The van der Waals surface area contributed by atoms with E-state index in [1.54, 1.807) is 15.9 Å². The molecule has 0 fully saturated rings. The number of hydrogen-bond acceptors (Lipinski definition) is 1. The molecule has 0 aromatic carbocycles. The normalized spacial score (nSPS) is 18.7. The Balaban J connectivity index is 4.34. The lowest BCUT2D eigenvalue weighted by Crippen LogP contribution is -2.31. The first-order valence-corrected chi connectivity index (χ1v) is 3.71. The minimum Gasteiger partial charge on any atom is -0.392 e. The summed E-state index contributed by atoms with van der Waals surface area (Å²) in [5.74, 6) is 0. The Labute approximate surface area is 75.0 Å². The van der Waals surface area contributed by atoms with E-state index in [-0.39, 0.29) is 0 Å². The van der Waals surface area contributed by atoms with Crippen LogP contribution in [0.15, 0.2) is 12.2 Å².